The van der Waals surface area contributed by atoms with Gasteiger partial charge in [-0.05, 0) is 91.0 Å². The first-order chi connectivity index (χ1) is 27.8. The van der Waals surface area contributed by atoms with Gasteiger partial charge in [0.2, 0.25) is 23.1 Å². The summed E-state index contributed by atoms with van der Waals surface area (Å²) < 4.78 is 13.4. The zero-order valence-corrected chi connectivity index (χ0v) is 29.6. The zero-order chi connectivity index (χ0) is 36.5. The summed E-state index contributed by atoms with van der Waals surface area (Å²) in [5.74, 6) is 2.97. The van der Waals surface area contributed by atoms with E-state index in [-0.39, 0.29) is 0 Å². The van der Waals surface area contributed by atoms with Crippen LogP contribution in [0.15, 0.2) is 170 Å². The van der Waals surface area contributed by atoms with Crippen LogP contribution in [0.4, 0.5) is 0 Å². The Hall–Kier alpha value is -7.98. The highest BCUT2D eigenvalue weighted by Crippen LogP contribution is 2.33. The number of fused-ring (bicyclic) bond motifs is 18. The van der Waals surface area contributed by atoms with E-state index < -0.39 is 0 Å². The minimum absolute atomic E-state index is 0.743. The van der Waals surface area contributed by atoms with Crippen LogP contribution in [0.3, 0.4) is 0 Å². The van der Waals surface area contributed by atoms with Crippen molar-refractivity contribution in [2.45, 2.75) is 0 Å². The molecule has 13 aromatic rings. The maximum atomic E-state index is 5.34. The van der Waals surface area contributed by atoms with Gasteiger partial charge >= 0.3 is 0 Å². The molecule has 0 saturated carbocycles. The Morgan fingerprint density at radius 3 is 0.786 bits per heavy atom. The zero-order valence-electron chi connectivity index (χ0n) is 29.6. The van der Waals surface area contributed by atoms with E-state index in [1.54, 1.807) is 0 Å². The van der Waals surface area contributed by atoms with Crippen LogP contribution < -0.4 is 0 Å². The molecule has 0 fully saturated rings. The number of hydrogen-bond acceptors (Lipinski definition) is 4. The molecule has 13 rings (SSSR count). The van der Waals surface area contributed by atoms with Crippen molar-refractivity contribution in [3.8, 4) is 11.4 Å². The van der Waals surface area contributed by atoms with E-state index in [1.165, 1.54) is 0 Å². The number of imidazole rings is 4. The van der Waals surface area contributed by atoms with Crippen LogP contribution in [-0.4, -0.2) is 46.7 Å². The summed E-state index contributed by atoms with van der Waals surface area (Å²) in [6.07, 6.45) is 0. The van der Waals surface area contributed by atoms with E-state index in [0.717, 1.165) is 101 Å². The molecule has 0 aliphatic carbocycles. The first kappa shape index (κ1) is 29.5. The van der Waals surface area contributed by atoms with Crippen LogP contribution in [0.2, 0.25) is 0 Å². The fraction of sp³-hybridized carbons (Fsp3) is 0. The normalized spacial score (nSPS) is 12.3. The van der Waals surface area contributed by atoms with Gasteiger partial charge in [-0.2, -0.15) is 0 Å². The highest BCUT2D eigenvalue weighted by atomic mass is 15.3. The van der Waals surface area contributed by atoms with Crippen LogP contribution in [0.5, 0.6) is 0 Å². The van der Waals surface area contributed by atoms with Gasteiger partial charge < -0.3 is 0 Å². The van der Waals surface area contributed by atoms with Crippen LogP contribution in [0.25, 0.3) is 101 Å². The van der Waals surface area contributed by atoms with Crippen LogP contribution in [-0.2, 0) is 0 Å². The first-order valence-corrected chi connectivity index (χ1v) is 18.6. The number of benzene rings is 7. The molecule has 0 N–H and O–H groups in total. The lowest BCUT2D eigenvalue weighted by Crippen LogP contribution is -2.05. The first-order valence-electron chi connectivity index (χ1n) is 18.6. The summed E-state index contributed by atoms with van der Waals surface area (Å²) in [6, 6.07) is 58.8. The van der Waals surface area contributed by atoms with E-state index in [0.29, 0.717) is 0 Å². The molecule has 6 heterocycles. The second-order valence-corrected chi connectivity index (χ2v) is 14.1. The highest BCUT2D eigenvalue weighted by molar-refractivity contribution is 5.95. The Morgan fingerprint density at radius 1 is 0.250 bits per heavy atom. The third-order valence-corrected chi connectivity index (χ3v) is 11.0. The molecule has 0 unspecified atom stereocenters. The number of aromatic nitrogens is 10. The number of para-hydroxylation sites is 12. The second kappa shape index (κ2) is 10.8. The van der Waals surface area contributed by atoms with Crippen molar-refractivity contribution in [1.82, 2.24) is 46.7 Å². The predicted molar refractivity (Wildman–Crippen MR) is 223 cm³/mol. The molecule has 10 nitrogen and oxygen atoms in total. The monoisotopic (exact) mass is 720 g/mol. The lowest BCUT2D eigenvalue weighted by Gasteiger charge is -2.11. The third kappa shape index (κ3) is 3.83. The van der Waals surface area contributed by atoms with E-state index in [4.69, 9.17) is 19.9 Å². The smallest absolute Gasteiger partial charge is 0.223 e. The summed E-state index contributed by atoms with van der Waals surface area (Å²) in [4.78, 5) is 21.4. The molecular weight excluding hydrogens is 693 g/mol. The van der Waals surface area contributed by atoms with Gasteiger partial charge in [0.05, 0.1) is 77.6 Å². The standard InChI is InChI=1S/C46H28N10/c1-5-20-35-31(16-1)47-43-51(44-48-32-17-2-6-21-36(32)54(44)40-25-10-9-24-39(40)53(35)43)29-14-13-15-30(28-29)52-45-49-33-18-3-7-22-37(33)55(45)41-26-11-12-27-42(41)56-38-23-8-4-19-34(38)50-46(52)56/h1-28H. The topological polar surface area (TPSA) is 79.1 Å². The molecule has 0 atom stereocenters. The van der Waals surface area contributed by atoms with Gasteiger partial charge in [0.25, 0.3) is 0 Å². The van der Waals surface area contributed by atoms with Crippen molar-refractivity contribution in [3.63, 3.8) is 0 Å². The minimum atomic E-state index is 0.743. The fourth-order valence-electron chi connectivity index (χ4n) is 8.70. The Morgan fingerprint density at radius 2 is 0.500 bits per heavy atom. The number of rotatable bonds is 2. The molecule has 0 spiro atoms. The van der Waals surface area contributed by atoms with Gasteiger partial charge in [-0.3, -0.25) is 17.6 Å². The van der Waals surface area contributed by atoms with Gasteiger partial charge in [0.15, 0.2) is 0 Å². The van der Waals surface area contributed by atoms with Crippen LogP contribution in [0.1, 0.15) is 0 Å². The van der Waals surface area contributed by atoms with Gasteiger partial charge in [-0.15, -0.1) is 0 Å². The minimum Gasteiger partial charge on any atom is -0.276 e. The Labute approximate surface area is 316 Å². The quantitative estimate of drug-likeness (QED) is 0.178. The Balaban J connectivity index is 1.24. The van der Waals surface area contributed by atoms with Crippen molar-refractivity contribution in [2.24, 2.45) is 0 Å². The lowest BCUT2D eigenvalue weighted by molar-refractivity contribution is 1.00. The maximum absolute atomic E-state index is 5.34. The van der Waals surface area contributed by atoms with Crippen molar-refractivity contribution >= 4 is 89.3 Å². The summed E-state index contributed by atoms with van der Waals surface area (Å²) in [7, 11) is 0. The van der Waals surface area contributed by atoms with Crippen molar-refractivity contribution in [2.75, 3.05) is 0 Å². The molecule has 56 heavy (non-hydrogen) atoms. The van der Waals surface area contributed by atoms with Crippen LogP contribution in [0, 0.1) is 0 Å². The highest BCUT2D eigenvalue weighted by Gasteiger charge is 2.22. The molecule has 262 valence electrons. The average molecular weight is 721 g/mol. The maximum Gasteiger partial charge on any atom is 0.223 e. The van der Waals surface area contributed by atoms with Gasteiger partial charge in [-0.25, -0.2) is 29.1 Å². The van der Waals surface area contributed by atoms with Crippen molar-refractivity contribution < 1.29 is 0 Å². The molecule has 0 aliphatic heterocycles. The van der Waals surface area contributed by atoms with Gasteiger partial charge in [0.1, 0.15) is 0 Å². The number of nitrogens with zero attached hydrogens (tertiary/aromatic N) is 10. The molecule has 6 aromatic heterocycles. The second-order valence-electron chi connectivity index (χ2n) is 14.1. The molecule has 7 aromatic carbocycles. The summed E-state index contributed by atoms with van der Waals surface area (Å²) in [5.41, 5.74) is 13.5. The predicted octanol–water partition coefficient (Wildman–Crippen LogP) is 9.90. The Kier molecular flexibility index (Phi) is 5.68. The van der Waals surface area contributed by atoms with E-state index in [9.17, 15) is 0 Å². The van der Waals surface area contributed by atoms with Crippen molar-refractivity contribution in [1.29, 1.82) is 0 Å². The van der Waals surface area contributed by atoms with E-state index in [1.807, 2.05) is 24.3 Å². The summed E-state index contributed by atoms with van der Waals surface area (Å²) in [5, 5.41) is 0. The molecule has 10 heteroatoms. The molecule has 0 bridgehead atoms. The van der Waals surface area contributed by atoms with Gasteiger partial charge in [0, 0.05) is 0 Å². The van der Waals surface area contributed by atoms with Gasteiger partial charge in [-0.1, -0.05) is 78.9 Å². The molecule has 0 radical (unpaired) electrons. The molecule has 0 amide bonds. The van der Waals surface area contributed by atoms with E-state index in [2.05, 4.69) is 172 Å². The fourth-order valence-corrected chi connectivity index (χ4v) is 8.70. The Bertz CT molecular complexity index is 3370. The van der Waals surface area contributed by atoms with Crippen molar-refractivity contribution in [3.05, 3.63) is 170 Å². The summed E-state index contributed by atoms with van der Waals surface area (Å²) >= 11 is 0. The largest absolute Gasteiger partial charge is 0.276 e. The number of hydrogen-bond donors (Lipinski definition) is 0. The van der Waals surface area contributed by atoms with Crippen LogP contribution >= 0.6 is 0 Å². The third-order valence-electron chi connectivity index (χ3n) is 11.0. The molecule has 0 saturated heterocycles. The molecule has 0 aliphatic rings. The lowest BCUT2D eigenvalue weighted by atomic mass is 10.2. The molecular formula is C46H28N10. The van der Waals surface area contributed by atoms with E-state index >= 15 is 0 Å². The average Bonchev–Trinajstić information content (AvgIpc) is 3.99. The SMILES string of the molecule is c1cc(-n2c3nc4ccccc4n3c3ccccc3n3c4ccccc4nc23)cc(-n2c3nc4ccccc4n3c3ccccc3n3c4ccccc4nc23)c1. The summed E-state index contributed by atoms with van der Waals surface area (Å²) in [6.45, 7) is 0.